The molecule has 268 valence electrons. The minimum atomic E-state index is -0.606. The second-order valence-corrected chi connectivity index (χ2v) is 15.0. The van der Waals surface area contributed by atoms with Crippen molar-refractivity contribution in [3.63, 3.8) is 0 Å². The Labute approximate surface area is 331 Å². The fourth-order valence-electron chi connectivity index (χ4n) is 8.92. The van der Waals surface area contributed by atoms with Crippen LogP contribution in [0.3, 0.4) is 0 Å². The highest BCUT2D eigenvalue weighted by atomic mass is 14.5. The Morgan fingerprint density at radius 1 is 0.339 bits per heavy atom. The summed E-state index contributed by atoms with van der Waals surface area (Å²) in [5.41, 5.74) is 18.0. The molecule has 8 aromatic carbocycles. The molecule has 0 saturated heterocycles. The lowest BCUT2D eigenvalue weighted by Crippen LogP contribution is -2.38. The van der Waals surface area contributed by atoms with Crippen LogP contribution in [0.4, 0.5) is 0 Å². The van der Waals surface area contributed by atoms with Gasteiger partial charge in [0.05, 0.1) is 5.41 Å². The van der Waals surface area contributed by atoms with E-state index in [-0.39, 0.29) is 5.92 Å². The predicted molar refractivity (Wildman–Crippen MR) is 237 cm³/mol. The SMILES string of the molecule is Cc1cccc(-c2ccc(C3=CC(c4ccccc4)C(c4ccccc4)(c4ccc(-c5cccc(C)c5)cc4)C(c4ccccc4)=C3c3ccccc3)cc2)c1. The van der Waals surface area contributed by atoms with Gasteiger partial charge in [-0.3, -0.25) is 0 Å². The van der Waals surface area contributed by atoms with Crippen molar-refractivity contribution in [1.29, 1.82) is 0 Å². The zero-order valence-corrected chi connectivity index (χ0v) is 31.9. The van der Waals surface area contributed by atoms with Gasteiger partial charge >= 0.3 is 0 Å². The highest BCUT2D eigenvalue weighted by molar-refractivity contribution is 6.19. The maximum atomic E-state index is 2.58. The van der Waals surface area contributed by atoms with Crippen LogP contribution in [-0.4, -0.2) is 0 Å². The summed E-state index contributed by atoms with van der Waals surface area (Å²) in [6.07, 6.45) is 2.58. The van der Waals surface area contributed by atoms with E-state index in [1.54, 1.807) is 0 Å². The molecule has 0 bridgehead atoms. The molecular formula is C56H44. The molecule has 1 aliphatic carbocycles. The molecule has 0 radical (unpaired) electrons. The Hall–Kier alpha value is -6.76. The maximum absolute atomic E-state index is 2.58. The minimum absolute atomic E-state index is 0.0509. The zero-order valence-electron chi connectivity index (χ0n) is 31.9. The van der Waals surface area contributed by atoms with Crippen molar-refractivity contribution in [2.24, 2.45) is 0 Å². The lowest BCUT2D eigenvalue weighted by molar-refractivity contribution is 0.587. The third-order valence-electron chi connectivity index (χ3n) is 11.5. The molecule has 56 heavy (non-hydrogen) atoms. The molecule has 0 saturated carbocycles. The summed E-state index contributed by atoms with van der Waals surface area (Å²) in [6, 6.07) is 80.7. The van der Waals surface area contributed by atoms with Crippen molar-refractivity contribution in [2.75, 3.05) is 0 Å². The number of rotatable bonds is 8. The number of aryl methyl sites for hydroxylation is 2. The van der Waals surface area contributed by atoms with E-state index in [2.05, 4.69) is 238 Å². The molecule has 0 spiro atoms. The number of hydrogen-bond donors (Lipinski definition) is 0. The van der Waals surface area contributed by atoms with E-state index in [1.165, 1.54) is 83.5 Å². The van der Waals surface area contributed by atoms with E-state index in [0.29, 0.717) is 0 Å². The van der Waals surface area contributed by atoms with E-state index in [1.807, 2.05) is 0 Å². The van der Waals surface area contributed by atoms with Gasteiger partial charge in [0.25, 0.3) is 0 Å². The van der Waals surface area contributed by atoms with Gasteiger partial charge in [-0.05, 0) is 86.2 Å². The van der Waals surface area contributed by atoms with Gasteiger partial charge in [-0.2, -0.15) is 0 Å². The van der Waals surface area contributed by atoms with Crippen LogP contribution in [0.15, 0.2) is 224 Å². The van der Waals surface area contributed by atoms with Gasteiger partial charge in [-0.1, -0.05) is 236 Å². The standard InChI is InChI=1S/C56H44/c1-40-17-15-25-48(37-40)42-29-31-44(32-30-42)52-39-53(45-19-7-3-8-20-45)56(50-27-13-6-14-28-50,51-35-33-43(34-36-51)49-26-16-18-41(2)38-49)55(47-23-11-5-12-24-47)54(52)46-21-9-4-10-22-46/h3-39,53H,1-2H3. The monoisotopic (exact) mass is 716 g/mol. The van der Waals surface area contributed by atoms with Crippen molar-refractivity contribution in [1.82, 2.24) is 0 Å². The predicted octanol–water partition coefficient (Wildman–Crippen LogP) is 14.4. The Bertz CT molecular complexity index is 2650. The molecule has 2 atom stereocenters. The van der Waals surface area contributed by atoms with E-state index < -0.39 is 5.41 Å². The Kier molecular flexibility index (Phi) is 9.47. The van der Waals surface area contributed by atoms with E-state index in [0.717, 1.165) is 0 Å². The molecule has 2 unspecified atom stereocenters. The fraction of sp³-hybridized carbons (Fsp3) is 0.0714. The molecule has 0 amide bonds. The Morgan fingerprint density at radius 3 is 1.30 bits per heavy atom. The largest absolute Gasteiger partial charge is 0.0669 e. The third-order valence-corrected chi connectivity index (χ3v) is 11.5. The maximum Gasteiger partial charge on any atom is 0.0566 e. The second-order valence-electron chi connectivity index (χ2n) is 15.0. The number of hydrogen-bond acceptors (Lipinski definition) is 0. The molecule has 0 aliphatic heterocycles. The van der Waals surface area contributed by atoms with Crippen molar-refractivity contribution < 1.29 is 0 Å². The van der Waals surface area contributed by atoms with Gasteiger partial charge in [0.15, 0.2) is 0 Å². The lowest BCUT2D eigenvalue weighted by atomic mass is 9.53. The van der Waals surface area contributed by atoms with Gasteiger partial charge in [-0.25, -0.2) is 0 Å². The van der Waals surface area contributed by atoms with Gasteiger partial charge in [0, 0.05) is 5.92 Å². The molecular weight excluding hydrogens is 673 g/mol. The van der Waals surface area contributed by atoms with Crippen LogP contribution < -0.4 is 0 Å². The number of allylic oxidation sites excluding steroid dienone is 4. The molecule has 0 fully saturated rings. The fourth-order valence-corrected chi connectivity index (χ4v) is 8.92. The first kappa shape index (κ1) is 35.0. The summed E-state index contributed by atoms with van der Waals surface area (Å²) < 4.78 is 0. The van der Waals surface area contributed by atoms with Crippen LogP contribution in [0.25, 0.3) is 39.0 Å². The highest BCUT2D eigenvalue weighted by Gasteiger charge is 2.49. The van der Waals surface area contributed by atoms with Crippen molar-refractivity contribution >= 4 is 16.7 Å². The lowest BCUT2D eigenvalue weighted by Gasteiger charge is -2.48. The average Bonchev–Trinajstić information content (AvgIpc) is 3.27. The summed E-state index contributed by atoms with van der Waals surface area (Å²) in [5.74, 6) is -0.0509. The molecule has 8 aromatic rings. The topological polar surface area (TPSA) is 0 Å². The molecule has 9 rings (SSSR count). The molecule has 0 nitrogen and oxygen atoms in total. The first-order valence-electron chi connectivity index (χ1n) is 19.6. The first-order valence-corrected chi connectivity index (χ1v) is 19.6. The first-order chi connectivity index (χ1) is 27.6. The molecule has 0 N–H and O–H groups in total. The van der Waals surface area contributed by atoms with Gasteiger partial charge < -0.3 is 0 Å². The van der Waals surface area contributed by atoms with E-state index in [9.17, 15) is 0 Å². The molecule has 1 aliphatic rings. The van der Waals surface area contributed by atoms with Gasteiger partial charge in [-0.15, -0.1) is 0 Å². The number of benzene rings is 8. The molecule has 0 heterocycles. The van der Waals surface area contributed by atoms with Crippen LogP contribution in [0.5, 0.6) is 0 Å². The quantitative estimate of drug-likeness (QED) is 0.147. The average molecular weight is 717 g/mol. The summed E-state index contributed by atoms with van der Waals surface area (Å²) >= 11 is 0. The van der Waals surface area contributed by atoms with Gasteiger partial charge in [0.2, 0.25) is 0 Å². The van der Waals surface area contributed by atoms with Gasteiger partial charge in [0.1, 0.15) is 0 Å². The summed E-state index contributed by atoms with van der Waals surface area (Å²) in [5, 5.41) is 0. The van der Waals surface area contributed by atoms with Crippen LogP contribution in [-0.2, 0) is 5.41 Å². The summed E-state index contributed by atoms with van der Waals surface area (Å²) in [6.45, 7) is 4.32. The Morgan fingerprint density at radius 2 is 0.768 bits per heavy atom. The highest BCUT2D eigenvalue weighted by Crippen LogP contribution is 2.61. The van der Waals surface area contributed by atoms with Crippen molar-refractivity contribution in [3.8, 4) is 22.3 Å². The van der Waals surface area contributed by atoms with Crippen molar-refractivity contribution in [2.45, 2.75) is 25.2 Å². The van der Waals surface area contributed by atoms with Crippen LogP contribution in [0.2, 0.25) is 0 Å². The third kappa shape index (κ3) is 6.44. The van der Waals surface area contributed by atoms with Crippen LogP contribution in [0, 0.1) is 13.8 Å². The van der Waals surface area contributed by atoms with Crippen LogP contribution >= 0.6 is 0 Å². The van der Waals surface area contributed by atoms with Crippen LogP contribution in [0.1, 0.15) is 50.4 Å². The summed E-state index contributed by atoms with van der Waals surface area (Å²) in [4.78, 5) is 0. The van der Waals surface area contributed by atoms with E-state index >= 15 is 0 Å². The summed E-state index contributed by atoms with van der Waals surface area (Å²) in [7, 11) is 0. The Balaban J connectivity index is 1.39. The smallest absolute Gasteiger partial charge is 0.0566 e. The molecule has 0 heteroatoms. The normalized spacial score (nSPS) is 16.7. The zero-order chi connectivity index (χ0) is 37.9. The second kappa shape index (κ2) is 15.2. The minimum Gasteiger partial charge on any atom is -0.0669 e. The van der Waals surface area contributed by atoms with E-state index in [4.69, 9.17) is 0 Å². The van der Waals surface area contributed by atoms with Crippen molar-refractivity contribution in [3.05, 3.63) is 269 Å². The molecule has 0 aromatic heterocycles.